The Balaban J connectivity index is 1.31. The van der Waals surface area contributed by atoms with Crippen LogP contribution in [0.1, 0.15) is 65.8 Å². The van der Waals surface area contributed by atoms with Crippen molar-refractivity contribution in [3.63, 3.8) is 0 Å². The Morgan fingerprint density at radius 3 is 2.08 bits per heavy atom. The van der Waals surface area contributed by atoms with Crippen molar-refractivity contribution >= 4 is 0 Å². The first kappa shape index (κ1) is 27.3. The van der Waals surface area contributed by atoms with Crippen LogP contribution in [0.3, 0.4) is 0 Å². The standard InChI is InChI=1S/C40H38/c1-4-31-16-18-34(19-17-31)28-35-20-22-37(23-21-35)40(30(3)14-15-33-10-7-6-8-11-33)38-26-24-36(25-27-38)39-13-9-12-32(5-2)29-39/h1-2,6-13,16-19,24-27,29,35,37,40H,3,14-15,20-23,28H2. The number of hydrogen-bond donors (Lipinski definition) is 0. The van der Waals surface area contributed by atoms with Crippen molar-refractivity contribution in [2.24, 2.45) is 11.8 Å². The first-order valence-corrected chi connectivity index (χ1v) is 14.6. The zero-order valence-corrected chi connectivity index (χ0v) is 23.4. The van der Waals surface area contributed by atoms with Gasteiger partial charge in [-0.3, -0.25) is 0 Å². The SMILES string of the molecule is C#Cc1ccc(CC2CCC(C(C(=C)CCc3ccccc3)c3ccc(-c4cccc(C#C)c4)cc3)CC2)cc1. The highest BCUT2D eigenvalue weighted by molar-refractivity contribution is 5.65. The van der Waals surface area contributed by atoms with Gasteiger partial charge in [0.2, 0.25) is 0 Å². The fraction of sp³-hybridized carbons (Fsp3) is 0.250. The number of rotatable bonds is 9. The van der Waals surface area contributed by atoms with Crippen molar-refractivity contribution in [3.05, 3.63) is 143 Å². The van der Waals surface area contributed by atoms with E-state index in [4.69, 9.17) is 12.8 Å². The molecule has 1 aliphatic carbocycles. The maximum absolute atomic E-state index is 5.64. The van der Waals surface area contributed by atoms with Crippen molar-refractivity contribution in [1.82, 2.24) is 0 Å². The van der Waals surface area contributed by atoms with Crippen LogP contribution in [0.25, 0.3) is 11.1 Å². The quantitative estimate of drug-likeness (QED) is 0.153. The Morgan fingerprint density at radius 2 is 1.40 bits per heavy atom. The van der Waals surface area contributed by atoms with E-state index < -0.39 is 0 Å². The van der Waals surface area contributed by atoms with Gasteiger partial charge in [-0.15, -0.1) is 12.8 Å². The van der Waals surface area contributed by atoms with Gasteiger partial charge < -0.3 is 0 Å². The van der Waals surface area contributed by atoms with Crippen molar-refractivity contribution in [3.8, 4) is 35.8 Å². The summed E-state index contributed by atoms with van der Waals surface area (Å²) in [5, 5.41) is 0. The third kappa shape index (κ3) is 6.84. The summed E-state index contributed by atoms with van der Waals surface area (Å²) >= 11 is 0. The minimum absolute atomic E-state index is 0.380. The number of benzene rings is 4. The highest BCUT2D eigenvalue weighted by atomic mass is 14.3. The molecule has 0 spiro atoms. The van der Waals surface area contributed by atoms with E-state index in [0.29, 0.717) is 11.8 Å². The lowest BCUT2D eigenvalue weighted by Gasteiger charge is -2.35. The molecule has 40 heavy (non-hydrogen) atoms. The molecule has 0 aromatic heterocycles. The molecule has 0 bridgehead atoms. The first-order chi connectivity index (χ1) is 19.6. The van der Waals surface area contributed by atoms with Crippen LogP contribution in [0.2, 0.25) is 0 Å². The van der Waals surface area contributed by atoms with E-state index >= 15 is 0 Å². The molecule has 1 fully saturated rings. The van der Waals surface area contributed by atoms with Crippen LogP contribution < -0.4 is 0 Å². The van der Waals surface area contributed by atoms with Crippen molar-refractivity contribution in [2.75, 3.05) is 0 Å². The summed E-state index contributed by atoms with van der Waals surface area (Å²) in [6.07, 6.45) is 19.4. The van der Waals surface area contributed by atoms with Gasteiger partial charge in [0.05, 0.1) is 0 Å². The summed E-state index contributed by atoms with van der Waals surface area (Å²) in [6.45, 7) is 4.69. The lowest BCUT2D eigenvalue weighted by atomic mass is 9.69. The van der Waals surface area contributed by atoms with Gasteiger partial charge in [0.25, 0.3) is 0 Å². The molecular formula is C40H38. The zero-order valence-electron chi connectivity index (χ0n) is 23.4. The molecule has 1 unspecified atom stereocenters. The second kappa shape index (κ2) is 13.2. The Bertz CT molecular complexity index is 1480. The summed E-state index contributed by atoms with van der Waals surface area (Å²) in [5.74, 6) is 7.22. The van der Waals surface area contributed by atoms with Crippen LogP contribution in [-0.2, 0) is 12.8 Å². The molecule has 0 amide bonds. The Morgan fingerprint density at radius 1 is 0.700 bits per heavy atom. The van der Waals surface area contributed by atoms with Gasteiger partial charge in [0.1, 0.15) is 0 Å². The molecule has 1 atom stereocenters. The molecule has 198 valence electrons. The molecule has 0 N–H and O–H groups in total. The molecule has 4 aromatic rings. The van der Waals surface area contributed by atoms with Crippen molar-refractivity contribution < 1.29 is 0 Å². The lowest BCUT2D eigenvalue weighted by Crippen LogP contribution is -2.23. The van der Waals surface area contributed by atoms with Gasteiger partial charge in [0.15, 0.2) is 0 Å². The number of allylic oxidation sites excluding steroid dienone is 1. The van der Waals surface area contributed by atoms with Gasteiger partial charge in [-0.2, -0.15) is 0 Å². The normalized spacial score (nSPS) is 17.4. The predicted octanol–water partition coefficient (Wildman–Crippen LogP) is 9.64. The average molecular weight is 519 g/mol. The zero-order chi connectivity index (χ0) is 27.7. The highest BCUT2D eigenvalue weighted by Gasteiger charge is 2.30. The third-order valence-electron chi connectivity index (χ3n) is 8.66. The monoisotopic (exact) mass is 518 g/mol. The molecule has 0 saturated heterocycles. The molecule has 0 aliphatic heterocycles. The minimum Gasteiger partial charge on any atom is -0.115 e. The summed E-state index contributed by atoms with van der Waals surface area (Å²) in [5.41, 5.74) is 9.77. The predicted molar refractivity (Wildman–Crippen MR) is 170 cm³/mol. The van der Waals surface area contributed by atoms with E-state index in [0.717, 1.165) is 41.9 Å². The van der Waals surface area contributed by atoms with E-state index in [9.17, 15) is 0 Å². The fourth-order valence-electron chi connectivity index (χ4n) is 6.41. The Hall–Kier alpha value is -4.26. The molecular weight excluding hydrogens is 480 g/mol. The fourth-order valence-corrected chi connectivity index (χ4v) is 6.41. The van der Waals surface area contributed by atoms with E-state index in [1.807, 2.05) is 12.1 Å². The number of aryl methyl sites for hydroxylation is 1. The molecule has 4 aromatic carbocycles. The molecule has 0 heteroatoms. The molecule has 1 aliphatic rings. The molecule has 1 saturated carbocycles. The summed E-state index contributed by atoms with van der Waals surface area (Å²) in [6, 6.07) is 36.8. The van der Waals surface area contributed by atoms with Crippen LogP contribution in [-0.4, -0.2) is 0 Å². The second-order valence-electron chi connectivity index (χ2n) is 11.3. The maximum atomic E-state index is 5.64. The molecule has 0 nitrogen and oxygen atoms in total. The molecule has 0 radical (unpaired) electrons. The van der Waals surface area contributed by atoms with Crippen molar-refractivity contribution in [1.29, 1.82) is 0 Å². The van der Waals surface area contributed by atoms with Gasteiger partial charge >= 0.3 is 0 Å². The first-order valence-electron chi connectivity index (χ1n) is 14.6. The summed E-state index contributed by atoms with van der Waals surface area (Å²) in [4.78, 5) is 0. The van der Waals surface area contributed by atoms with Crippen LogP contribution in [0.4, 0.5) is 0 Å². The van der Waals surface area contributed by atoms with E-state index in [-0.39, 0.29) is 0 Å². The summed E-state index contributed by atoms with van der Waals surface area (Å²) in [7, 11) is 0. The second-order valence-corrected chi connectivity index (χ2v) is 11.3. The summed E-state index contributed by atoms with van der Waals surface area (Å²) < 4.78 is 0. The third-order valence-corrected chi connectivity index (χ3v) is 8.66. The van der Waals surface area contributed by atoms with Gasteiger partial charge in [-0.05, 0) is 109 Å². The van der Waals surface area contributed by atoms with E-state index in [2.05, 4.69) is 109 Å². The topological polar surface area (TPSA) is 0 Å². The van der Waals surface area contributed by atoms with E-state index in [1.54, 1.807) is 0 Å². The largest absolute Gasteiger partial charge is 0.115 e. The Kier molecular flexibility index (Phi) is 9.01. The number of hydrogen-bond acceptors (Lipinski definition) is 0. The molecule has 5 rings (SSSR count). The van der Waals surface area contributed by atoms with Crippen LogP contribution >= 0.6 is 0 Å². The lowest BCUT2D eigenvalue weighted by molar-refractivity contribution is 0.252. The molecule has 0 heterocycles. The van der Waals surface area contributed by atoms with Crippen molar-refractivity contribution in [2.45, 2.75) is 50.9 Å². The van der Waals surface area contributed by atoms with Crippen LogP contribution in [0, 0.1) is 36.5 Å². The van der Waals surface area contributed by atoms with Gasteiger partial charge in [0, 0.05) is 17.0 Å². The van der Waals surface area contributed by atoms with E-state index in [1.165, 1.54) is 53.5 Å². The van der Waals surface area contributed by atoms with Gasteiger partial charge in [-0.1, -0.05) is 103 Å². The van der Waals surface area contributed by atoms with Crippen LogP contribution in [0.15, 0.2) is 115 Å². The van der Waals surface area contributed by atoms with Gasteiger partial charge in [-0.25, -0.2) is 0 Å². The number of terminal acetylenes is 2. The Labute approximate surface area is 241 Å². The smallest absolute Gasteiger partial charge is 0.0248 e. The average Bonchev–Trinajstić information content (AvgIpc) is 3.02. The van der Waals surface area contributed by atoms with Crippen LogP contribution in [0.5, 0.6) is 0 Å². The highest BCUT2D eigenvalue weighted by Crippen LogP contribution is 2.44. The maximum Gasteiger partial charge on any atom is 0.0248 e. The minimum atomic E-state index is 0.380.